The number of hydrogen-bond donors (Lipinski definition) is 1. The minimum Gasteiger partial charge on any atom is -0.495 e. The Morgan fingerprint density at radius 1 is 1.09 bits per heavy atom. The first-order valence-corrected chi connectivity index (χ1v) is 12.8. The Bertz CT molecular complexity index is 1070. The second-order valence-electron chi connectivity index (χ2n) is 9.15. The first-order valence-electron chi connectivity index (χ1n) is 11.4. The first-order chi connectivity index (χ1) is 16.1. The summed E-state index contributed by atoms with van der Waals surface area (Å²) in [7, 11) is -2.32. The summed E-state index contributed by atoms with van der Waals surface area (Å²) in [5.41, 5.74) is 1.89. The summed E-state index contributed by atoms with van der Waals surface area (Å²) in [6.07, 6.45) is 0.0515. The zero-order valence-electron chi connectivity index (χ0n) is 20.3. The van der Waals surface area contributed by atoms with Crippen LogP contribution in [0.4, 0.5) is 0 Å². The summed E-state index contributed by atoms with van der Waals surface area (Å²) < 4.78 is 43.8. The Balaban J connectivity index is 1.55. The third-order valence-electron chi connectivity index (χ3n) is 5.59. The molecule has 0 spiro atoms. The van der Waals surface area contributed by atoms with E-state index in [1.54, 1.807) is 12.1 Å². The van der Waals surface area contributed by atoms with Gasteiger partial charge in [-0.3, -0.25) is 4.79 Å². The molecule has 0 aromatic heterocycles. The largest absolute Gasteiger partial charge is 0.495 e. The van der Waals surface area contributed by atoms with Crippen molar-refractivity contribution < 1.29 is 27.4 Å². The molecule has 1 aliphatic heterocycles. The zero-order chi connectivity index (χ0) is 24.8. The number of amides is 1. The van der Waals surface area contributed by atoms with Crippen LogP contribution < -0.4 is 14.8 Å². The molecule has 8 nitrogen and oxygen atoms in total. The fourth-order valence-electron chi connectivity index (χ4n) is 3.62. The number of methoxy groups -OCH3 is 1. The van der Waals surface area contributed by atoms with E-state index in [-0.39, 0.29) is 41.5 Å². The molecule has 0 saturated carbocycles. The Morgan fingerprint density at radius 3 is 2.38 bits per heavy atom. The number of carbonyl (C=O) groups is 1. The lowest BCUT2D eigenvalue weighted by molar-refractivity contribution is -0.120. The highest BCUT2D eigenvalue weighted by atomic mass is 32.2. The molecule has 1 heterocycles. The van der Waals surface area contributed by atoms with Gasteiger partial charge in [0.25, 0.3) is 0 Å². The van der Waals surface area contributed by atoms with Gasteiger partial charge in [-0.1, -0.05) is 39.0 Å². The maximum absolute atomic E-state index is 13.1. The van der Waals surface area contributed by atoms with E-state index in [2.05, 4.69) is 26.1 Å². The predicted molar refractivity (Wildman–Crippen MR) is 130 cm³/mol. The number of sulfonamides is 1. The summed E-state index contributed by atoms with van der Waals surface area (Å²) >= 11 is 0. The van der Waals surface area contributed by atoms with Crippen LogP contribution in [0.1, 0.15) is 31.9 Å². The predicted octanol–water partition coefficient (Wildman–Crippen LogP) is 2.75. The highest BCUT2D eigenvalue weighted by molar-refractivity contribution is 7.89. The van der Waals surface area contributed by atoms with Gasteiger partial charge in [0.2, 0.25) is 15.9 Å². The van der Waals surface area contributed by atoms with E-state index in [1.165, 1.54) is 23.0 Å². The van der Waals surface area contributed by atoms with Crippen molar-refractivity contribution in [3.63, 3.8) is 0 Å². The molecule has 3 rings (SSSR count). The van der Waals surface area contributed by atoms with E-state index in [1.807, 2.05) is 24.3 Å². The van der Waals surface area contributed by atoms with Crippen LogP contribution >= 0.6 is 0 Å². The molecule has 1 aliphatic rings. The summed E-state index contributed by atoms with van der Waals surface area (Å²) in [6, 6.07) is 12.7. The lowest BCUT2D eigenvalue weighted by atomic mass is 9.87. The minimum absolute atomic E-state index is 0.0515. The number of rotatable bonds is 9. The van der Waals surface area contributed by atoms with Crippen molar-refractivity contribution in [3.05, 3.63) is 53.6 Å². The quantitative estimate of drug-likeness (QED) is 0.544. The van der Waals surface area contributed by atoms with Gasteiger partial charge in [0.1, 0.15) is 23.0 Å². The van der Waals surface area contributed by atoms with Gasteiger partial charge in [-0.2, -0.15) is 4.31 Å². The molecule has 0 atom stereocenters. The number of nitrogens with one attached hydrogen (secondary N) is 1. The maximum atomic E-state index is 13.1. The summed E-state index contributed by atoms with van der Waals surface area (Å²) in [5, 5.41) is 2.82. The smallest absolute Gasteiger partial charge is 0.246 e. The molecule has 186 valence electrons. The fraction of sp³-hybridized carbons (Fsp3) is 0.480. The van der Waals surface area contributed by atoms with Gasteiger partial charge in [0.05, 0.1) is 33.3 Å². The van der Waals surface area contributed by atoms with E-state index >= 15 is 0 Å². The number of morpholine rings is 1. The Kier molecular flexibility index (Phi) is 8.57. The van der Waals surface area contributed by atoms with Crippen molar-refractivity contribution in [1.82, 2.24) is 9.62 Å². The van der Waals surface area contributed by atoms with Crippen molar-refractivity contribution in [2.24, 2.45) is 0 Å². The monoisotopic (exact) mass is 490 g/mol. The van der Waals surface area contributed by atoms with Crippen LogP contribution in [0.3, 0.4) is 0 Å². The SMILES string of the molecule is COc1ccc(CC(=O)NCCOc2ccc(C(C)(C)C)cc2)cc1S(=O)(=O)N1CCOCC1. The number of hydrogen-bond acceptors (Lipinski definition) is 6. The molecule has 1 N–H and O–H groups in total. The second-order valence-corrected chi connectivity index (χ2v) is 11.1. The van der Waals surface area contributed by atoms with Crippen LogP contribution in [0.2, 0.25) is 0 Å². The molecular formula is C25H34N2O6S. The molecule has 1 amide bonds. The van der Waals surface area contributed by atoms with Crippen molar-refractivity contribution >= 4 is 15.9 Å². The molecule has 1 fully saturated rings. The average Bonchev–Trinajstić information content (AvgIpc) is 2.82. The van der Waals surface area contributed by atoms with Gasteiger partial charge in [-0.15, -0.1) is 0 Å². The van der Waals surface area contributed by atoms with Gasteiger partial charge < -0.3 is 19.5 Å². The highest BCUT2D eigenvalue weighted by Crippen LogP contribution is 2.28. The zero-order valence-corrected chi connectivity index (χ0v) is 21.1. The topological polar surface area (TPSA) is 94.2 Å². The fourth-order valence-corrected chi connectivity index (χ4v) is 5.23. The van der Waals surface area contributed by atoms with Gasteiger partial charge in [0, 0.05) is 13.1 Å². The number of ether oxygens (including phenoxy) is 3. The molecule has 0 radical (unpaired) electrons. The van der Waals surface area contributed by atoms with E-state index < -0.39 is 10.0 Å². The highest BCUT2D eigenvalue weighted by Gasteiger charge is 2.29. The third-order valence-corrected chi connectivity index (χ3v) is 7.51. The van der Waals surface area contributed by atoms with Crippen LogP contribution in [0.5, 0.6) is 11.5 Å². The van der Waals surface area contributed by atoms with Crippen molar-refractivity contribution in [2.45, 2.75) is 37.5 Å². The molecule has 9 heteroatoms. The normalized spacial score (nSPS) is 15.1. The van der Waals surface area contributed by atoms with Gasteiger partial charge in [-0.05, 0) is 40.8 Å². The number of benzene rings is 2. The Hall–Kier alpha value is -2.62. The Morgan fingerprint density at radius 2 is 1.76 bits per heavy atom. The van der Waals surface area contributed by atoms with Gasteiger partial charge >= 0.3 is 0 Å². The lowest BCUT2D eigenvalue weighted by Crippen LogP contribution is -2.40. The number of nitrogens with zero attached hydrogens (tertiary/aromatic N) is 1. The first kappa shape index (κ1) is 26.0. The molecule has 0 unspecified atom stereocenters. The summed E-state index contributed by atoms with van der Waals surface area (Å²) in [5.74, 6) is 0.781. The van der Waals surface area contributed by atoms with E-state index in [4.69, 9.17) is 14.2 Å². The van der Waals surface area contributed by atoms with Gasteiger partial charge in [-0.25, -0.2) is 8.42 Å². The molecule has 34 heavy (non-hydrogen) atoms. The second kappa shape index (κ2) is 11.2. The van der Waals surface area contributed by atoms with E-state index in [0.717, 1.165) is 5.75 Å². The lowest BCUT2D eigenvalue weighted by Gasteiger charge is -2.26. The van der Waals surface area contributed by atoms with E-state index in [9.17, 15) is 13.2 Å². The third kappa shape index (κ3) is 6.71. The van der Waals surface area contributed by atoms with Crippen LogP contribution in [-0.4, -0.2) is 65.2 Å². The summed E-state index contributed by atoms with van der Waals surface area (Å²) in [6.45, 7) is 8.42. The molecule has 0 aliphatic carbocycles. The molecule has 1 saturated heterocycles. The maximum Gasteiger partial charge on any atom is 0.246 e. The Labute approximate surface area is 202 Å². The average molecular weight is 491 g/mol. The van der Waals surface area contributed by atoms with Crippen LogP contribution in [0.15, 0.2) is 47.4 Å². The molecule has 2 aromatic rings. The number of carbonyl (C=O) groups excluding carboxylic acids is 1. The van der Waals surface area contributed by atoms with Crippen molar-refractivity contribution in [2.75, 3.05) is 46.6 Å². The van der Waals surface area contributed by atoms with Crippen LogP contribution in [0, 0.1) is 0 Å². The standard InChI is InChI=1S/C25H34N2O6S/c1-25(2,3)20-6-8-21(9-7-20)33-14-11-26-24(28)18-19-5-10-22(31-4)23(17-19)34(29,30)27-12-15-32-16-13-27/h5-10,17H,11-16,18H2,1-4H3,(H,26,28). The van der Waals surface area contributed by atoms with Crippen molar-refractivity contribution in [3.8, 4) is 11.5 Å². The van der Waals surface area contributed by atoms with Crippen LogP contribution in [0.25, 0.3) is 0 Å². The van der Waals surface area contributed by atoms with E-state index in [0.29, 0.717) is 31.9 Å². The summed E-state index contributed by atoms with van der Waals surface area (Å²) in [4.78, 5) is 12.5. The molecular weight excluding hydrogens is 456 g/mol. The van der Waals surface area contributed by atoms with Gasteiger partial charge in [0.15, 0.2) is 0 Å². The molecule has 2 aromatic carbocycles. The van der Waals surface area contributed by atoms with Crippen LogP contribution in [-0.2, 0) is 31.4 Å². The van der Waals surface area contributed by atoms with Crippen molar-refractivity contribution in [1.29, 1.82) is 0 Å². The minimum atomic E-state index is -3.75. The molecule has 0 bridgehead atoms.